The lowest BCUT2D eigenvalue weighted by Gasteiger charge is -2.17. The van der Waals surface area contributed by atoms with E-state index in [4.69, 9.17) is 5.73 Å². The van der Waals surface area contributed by atoms with Gasteiger partial charge < -0.3 is 11.1 Å². The highest BCUT2D eigenvalue weighted by molar-refractivity contribution is 5.75. The number of hydrogen-bond acceptors (Lipinski definition) is 3. The number of aromatic nitrogens is 2. The number of amides is 1. The Bertz CT molecular complexity index is 365. The van der Waals surface area contributed by atoms with E-state index in [0.717, 1.165) is 12.1 Å². The number of hydrogen-bond donors (Lipinski definition) is 2. The molecule has 0 aliphatic rings. The van der Waals surface area contributed by atoms with Crippen LogP contribution in [-0.4, -0.2) is 27.8 Å². The van der Waals surface area contributed by atoms with Gasteiger partial charge in [-0.05, 0) is 26.3 Å². The van der Waals surface area contributed by atoms with Gasteiger partial charge in [0.15, 0.2) is 0 Å². The predicted octanol–water partition coefficient (Wildman–Crippen LogP) is 0.596. The summed E-state index contributed by atoms with van der Waals surface area (Å²) >= 11 is 0. The predicted molar refractivity (Wildman–Crippen MR) is 67.4 cm³/mol. The molecule has 0 unspecified atom stereocenters. The summed E-state index contributed by atoms with van der Waals surface area (Å²) in [6, 6.07) is 1.95. The molecule has 0 aliphatic carbocycles. The molecule has 0 saturated heterocycles. The molecule has 3 N–H and O–H groups in total. The Balaban J connectivity index is 2.16. The molecule has 5 nitrogen and oxygen atoms in total. The standard InChI is InChI=1S/C12H22N4O/c1-12(2,13)7-4-11(17)14-8-5-10-6-9-16(3)15-10/h6,9H,4-5,7-8,13H2,1-3H3,(H,14,17). The third kappa shape index (κ3) is 6.06. The first-order valence-corrected chi connectivity index (χ1v) is 5.91. The van der Waals surface area contributed by atoms with Gasteiger partial charge >= 0.3 is 0 Å². The Labute approximate surface area is 102 Å². The molecule has 0 atom stereocenters. The van der Waals surface area contributed by atoms with Crippen molar-refractivity contribution in [2.45, 2.75) is 38.6 Å². The van der Waals surface area contributed by atoms with E-state index in [1.54, 1.807) is 4.68 Å². The SMILES string of the molecule is Cn1ccc(CCNC(=O)CCC(C)(C)N)n1. The summed E-state index contributed by atoms with van der Waals surface area (Å²) < 4.78 is 1.76. The molecule has 0 radical (unpaired) electrons. The van der Waals surface area contributed by atoms with Crippen molar-refractivity contribution in [1.82, 2.24) is 15.1 Å². The van der Waals surface area contributed by atoms with Crippen molar-refractivity contribution >= 4 is 5.91 Å². The lowest BCUT2D eigenvalue weighted by Crippen LogP contribution is -2.34. The minimum absolute atomic E-state index is 0.0551. The van der Waals surface area contributed by atoms with E-state index in [1.165, 1.54) is 0 Å². The lowest BCUT2D eigenvalue weighted by atomic mass is 10.00. The minimum Gasteiger partial charge on any atom is -0.356 e. The maximum Gasteiger partial charge on any atom is 0.220 e. The van der Waals surface area contributed by atoms with Crippen molar-refractivity contribution in [2.75, 3.05) is 6.54 Å². The van der Waals surface area contributed by atoms with Gasteiger partial charge in [0.1, 0.15) is 0 Å². The van der Waals surface area contributed by atoms with Crippen LogP contribution in [0.2, 0.25) is 0 Å². The molecule has 1 aromatic rings. The van der Waals surface area contributed by atoms with E-state index in [-0.39, 0.29) is 11.4 Å². The number of carbonyl (C=O) groups excluding carboxylic acids is 1. The number of rotatable bonds is 6. The van der Waals surface area contributed by atoms with Gasteiger partial charge in [0.05, 0.1) is 5.69 Å². The molecule has 0 spiro atoms. The molecule has 1 aromatic heterocycles. The molecular weight excluding hydrogens is 216 g/mol. The first-order chi connectivity index (χ1) is 7.87. The van der Waals surface area contributed by atoms with Gasteiger partial charge in [-0.15, -0.1) is 0 Å². The van der Waals surface area contributed by atoms with Crippen molar-refractivity contribution in [3.05, 3.63) is 18.0 Å². The molecule has 0 aromatic carbocycles. The second-order valence-electron chi connectivity index (χ2n) is 5.07. The molecule has 1 amide bonds. The van der Waals surface area contributed by atoms with E-state index in [2.05, 4.69) is 10.4 Å². The van der Waals surface area contributed by atoms with Crippen LogP contribution < -0.4 is 11.1 Å². The van der Waals surface area contributed by atoms with Crippen molar-refractivity contribution in [1.29, 1.82) is 0 Å². The summed E-state index contributed by atoms with van der Waals surface area (Å²) in [7, 11) is 1.88. The molecule has 5 heteroatoms. The smallest absolute Gasteiger partial charge is 0.220 e. The summed E-state index contributed by atoms with van der Waals surface area (Å²) in [4.78, 5) is 11.5. The molecule has 0 fully saturated rings. The van der Waals surface area contributed by atoms with E-state index in [1.807, 2.05) is 33.2 Å². The zero-order chi connectivity index (χ0) is 12.9. The maximum absolute atomic E-state index is 11.5. The number of aryl methyl sites for hydroxylation is 1. The zero-order valence-electron chi connectivity index (χ0n) is 10.9. The number of nitrogens with zero attached hydrogens (tertiary/aromatic N) is 2. The van der Waals surface area contributed by atoms with Crippen LogP contribution in [-0.2, 0) is 18.3 Å². The molecule has 0 saturated carbocycles. The Kier molecular flexibility index (Phi) is 4.69. The molecule has 1 rings (SSSR count). The maximum atomic E-state index is 11.5. The highest BCUT2D eigenvalue weighted by atomic mass is 16.1. The fraction of sp³-hybridized carbons (Fsp3) is 0.667. The van der Waals surface area contributed by atoms with Gasteiger partial charge in [-0.3, -0.25) is 9.48 Å². The fourth-order valence-corrected chi connectivity index (χ4v) is 1.45. The quantitative estimate of drug-likeness (QED) is 0.762. The van der Waals surface area contributed by atoms with Crippen LogP contribution in [0.1, 0.15) is 32.4 Å². The van der Waals surface area contributed by atoms with Gasteiger partial charge in [-0.1, -0.05) is 0 Å². The van der Waals surface area contributed by atoms with Crippen LogP contribution in [0.15, 0.2) is 12.3 Å². The van der Waals surface area contributed by atoms with Gasteiger partial charge in [0, 0.05) is 38.2 Å². The van der Waals surface area contributed by atoms with E-state index < -0.39 is 0 Å². The third-order valence-electron chi connectivity index (χ3n) is 2.47. The van der Waals surface area contributed by atoms with Gasteiger partial charge in [-0.2, -0.15) is 5.10 Å². The van der Waals surface area contributed by atoms with E-state index in [0.29, 0.717) is 19.4 Å². The summed E-state index contributed by atoms with van der Waals surface area (Å²) in [6.07, 6.45) is 3.83. The molecule has 96 valence electrons. The van der Waals surface area contributed by atoms with Crippen LogP contribution in [0.25, 0.3) is 0 Å². The van der Waals surface area contributed by atoms with E-state index in [9.17, 15) is 4.79 Å². The van der Waals surface area contributed by atoms with Gasteiger partial charge in [0.25, 0.3) is 0 Å². The first kappa shape index (κ1) is 13.7. The normalized spacial score (nSPS) is 11.5. The number of carbonyl (C=O) groups is 1. The number of nitrogens with one attached hydrogen (secondary N) is 1. The molecule has 1 heterocycles. The summed E-state index contributed by atoms with van der Waals surface area (Å²) in [5.41, 5.74) is 6.53. The summed E-state index contributed by atoms with van der Waals surface area (Å²) in [5.74, 6) is 0.0551. The lowest BCUT2D eigenvalue weighted by molar-refractivity contribution is -0.121. The zero-order valence-corrected chi connectivity index (χ0v) is 10.9. The van der Waals surface area contributed by atoms with Crippen LogP contribution in [0.4, 0.5) is 0 Å². The second-order valence-corrected chi connectivity index (χ2v) is 5.07. The van der Waals surface area contributed by atoms with Crippen molar-refractivity contribution < 1.29 is 4.79 Å². The molecular formula is C12H22N4O. The van der Waals surface area contributed by atoms with Crippen LogP contribution in [0.3, 0.4) is 0 Å². The Morgan fingerprint density at radius 3 is 2.82 bits per heavy atom. The van der Waals surface area contributed by atoms with Gasteiger partial charge in [-0.25, -0.2) is 0 Å². The number of nitrogens with two attached hydrogens (primary N) is 1. The minimum atomic E-state index is -0.279. The Morgan fingerprint density at radius 1 is 1.59 bits per heavy atom. The highest BCUT2D eigenvalue weighted by Crippen LogP contribution is 2.06. The first-order valence-electron chi connectivity index (χ1n) is 5.91. The topological polar surface area (TPSA) is 72.9 Å². The Morgan fingerprint density at radius 2 is 2.29 bits per heavy atom. The monoisotopic (exact) mass is 238 g/mol. The van der Waals surface area contributed by atoms with Crippen molar-refractivity contribution in [3.63, 3.8) is 0 Å². The van der Waals surface area contributed by atoms with Gasteiger partial charge in [0.2, 0.25) is 5.91 Å². The second kappa shape index (κ2) is 5.82. The van der Waals surface area contributed by atoms with E-state index >= 15 is 0 Å². The van der Waals surface area contributed by atoms with Crippen molar-refractivity contribution in [3.8, 4) is 0 Å². The largest absolute Gasteiger partial charge is 0.356 e. The summed E-state index contributed by atoms with van der Waals surface area (Å²) in [5, 5.41) is 7.11. The molecule has 0 aliphatic heterocycles. The summed E-state index contributed by atoms with van der Waals surface area (Å²) in [6.45, 7) is 4.48. The van der Waals surface area contributed by atoms with Crippen LogP contribution in [0.5, 0.6) is 0 Å². The molecule has 0 bridgehead atoms. The van der Waals surface area contributed by atoms with Crippen molar-refractivity contribution in [2.24, 2.45) is 12.8 Å². The average molecular weight is 238 g/mol. The Hall–Kier alpha value is -1.36. The molecule has 17 heavy (non-hydrogen) atoms. The van der Waals surface area contributed by atoms with Crippen LogP contribution in [0, 0.1) is 0 Å². The highest BCUT2D eigenvalue weighted by Gasteiger charge is 2.12. The van der Waals surface area contributed by atoms with Crippen LogP contribution >= 0.6 is 0 Å². The fourth-order valence-electron chi connectivity index (χ4n) is 1.45. The average Bonchev–Trinajstić information content (AvgIpc) is 2.60. The third-order valence-corrected chi connectivity index (χ3v) is 2.47.